The number of hydrogen-bond donors (Lipinski definition) is 0. The molecule has 0 aliphatic carbocycles. The third-order valence-electron chi connectivity index (χ3n) is 4.68. The Morgan fingerprint density at radius 3 is 2.35 bits per heavy atom. The summed E-state index contributed by atoms with van der Waals surface area (Å²) in [7, 11) is -1.89. The van der Waals surface area contributed by atoms with Gasteiger partial charge in [0, 0.05) is 39.4 Å². The van der Waals surface area contributed by atoms with E-state index in [1.165, 1.54) is 15.2 Å². The number of carbonyl (C=O) groups excluding carboxylic acids is 1. The molecule has 1 atom stereocenters. The lowest BCUT2D eigenvalue weighted by Gasteiger charge is -2.35. The molecule has 0 bridgehead atoms. The topological polar surface area (TPSA) is 93.3 Å². The van der Waals surface area contributed by atoms with E-state index in [2.05, 4.69) is 26.1 Å². The lowest BCUT2D eigenvalue weighted by Crippen LogP contribution is -2.51. The van der Waals surface area contributed by atoms with Gasteiger partial charge in [0.05, 0.1) is 22.6 Å². The summed E-state index contributed by atoms with van der Waals surface area (Å²) in [5, 5.41) is 8.16. The lowest BCUT2D eigenvalue weighted by atomic mass is 10.2. The van der Waals surface area contributed by atoms with E-state index in [0.717, 1.165) is 4.47 Å². The molecular formula is C15H21BrN6O3S. The largest absolute Gasteiger partial charge is 0.338 e. The number of sulfonamides is 1. The Balaban J connectivity index is 1.67. The van der Waals surface area contributed by atoms with Crippen molar-refractivity contribution >= 4 is 31.9 Å². The van der Waals surface area contributed by atoms with Crippen LogP contribution in [0.25, 0.3) is 0 Å². The molecule has 0 spiro atoms. The summed E-state index contributed by atoms with van der Waals surface area (Å²) in [5.74, 6) is -0.0739. The van der Waals surface area contributed by atoms with Crippen molar-refractivity contribution in [3.05, 3.63) is 28.8 Å². The van der Waals surface area contributed by atoms with Gasteiger partial charge in [-0.3, -0.25) is 14.2 Å². The summed E-state index contributed by atoms with van der Waals surface area (Å²) < 4.78 is 31.0. The van der Waals surface area contributed by atoms with Crippen molar-refractivity contribution in [1.82, 2.24) is 28.8 Å². The number of aryl methyl sites for hydroxylation is 1. The zero-order chi connectivity index (χ0) is 19.1. The summed E-state index contributed by atoms with van der Waals surface area (Å²) in [6, 6.07) is -0.440. The molecule has 0 saturated carbocycles. The Morgan fingerprint density at radius 2 is 1.85 bits per heavy atom. The van der Waals surface area contributed by atoms with Gasteiger partial charge in [-0.1, -0.05) is 0 Å². The molecule has 0 radical (unpaired) electrons. The molecule has 142 valence electrons. The van der Waals surface area contributed by atoms with E-state index in [9.17, 15) is 13.2 Å². The van der Waals surface area contributed by atoms with Crippen LogP contribution in [0.1, 0.15) is 18.7 Å². The zero-order valence-electron chi connectivity index (χ0n) is 14.8. The molecule has 1 amide bonds. The molecule has 1 unspecified atom stereocenters. The van der Waals surface area contributed by atoms with Gasteiger partial charge < -0.3 is 4.90 Å². The van der Waals surface area contributed by atoms with Crippen LogP contribution in [0.15, 0.2) is 28.0 Å². The van der Waals surface area contributed by atoms with E-state index >= 15 is 0 Å². The second-order valence-electron chi connectivity index (χ2n) is 6.26. The monoisotopic (exact) mass is 444 g/mol. The fourth-order valence-electron chi connectivity index (χ4n) is 2.92. The molecule has 1 fully saturated rings. The van der Waals surface area contributed by atoms with Gasteiger partial charge in [-0.2, -0.15) is 14.5 Å². The quantitative estimate of drug-likeness (QED) is 0.694. The van der Waals surface area contributed by atoms with E-state index in [-0.39, 0.29) is 23.9 Å². The Morgan fingerprint density at radius 1 is 1.19 bits per heavy atom. The van der Waals surface area contributed by atoms with E-state index < -0.39 is 16.1 Å². The maximum Gasteiger partial charge on any atom is 0.247 e. The summed E-state index contributed by atoms with van der Waals surface area (Å²) in [6.07, 6.45) is 4.75. The van der Waals surface area contributed by atoms with Crippen molar-refractivity contribution in [1.29, 1.82) is 0 Å². The molecular weight excluding hydrogens is 424 g/mol. The number of carbonyl (C=O) groups is 1. The normalized spacial score (nSPS) is 17.5. The molecule has 2 aromatic heterocycles. The van der Waals surface area contributed by atoms with Gasteiger partial charge in [0.1, 0.15) is 10.9 Å². The van der Waals surface area contributed by atoms with Crippen LogP contribution in [0.3, 0.4) is 0 Å². The van der Waals surface area contributed by atoms with Gasteiger partial charge in [0.2, 0.25) is 15.9 Å². The van der Waals surface area contributed by atoms with Crippen LogP contribution in [0, 0.1) is 6.92 Å². The third-order valence-corrected chi connectivity index (χ3v) is 7.09. The molecule has 0 N–H and O–H groups in total. The van der Waals surface area contributed by atoms with Crippen molar-refractivity contribution in [2.75, 3.05) is 26.2 Å². The number of hydrogen-bond acceptors (Lipinski definition) is 5. The van der Waals surface area contributed by atoms with Crippen molar-refractivity contribution in [2.24, 2.45) is 7.05 Å². The first-order chi connectivity index (χ1) is 12.2. The van der Waals surface area contributed by atoms with Gasteiger partial charge in [-0.25, -0.2) is 8.42 Å². The number of aromatic nitrogens is 4. The van der Waals surface area contributed by atoms with Gasteiger partial charge in [-0.05, 0) is 29.8 Å². The first kappa shape index (κ1) is 19.1. The molecule has 1 aliphatic rings. The molecule has 3 heterocycles. The second kappa shape index (κ2) is 7.12. The van der Waals surface area contributed by atoms with Crippen LogP contribution in [0.4, 0.5) is 0 Å². The minimum atomic E-state index is -3.60. The molecule has 3 rings (SSSR count). The highest BCUT2D eigenvalue weighted by Gasteiger charge is 2.33. The number of rotatable bonds is 4. The molecule has 11 heteroatoms. The SMILES string of the molecule is Cc1c(S(=O)(=O)N2CCN(C(=O)C(C)n3cc(Br)cn3)CC2)cnn1C. The minimum Gasteiger partial charge on any atom is -0.338 e. The van der Waals surface area contributed by atoms with E-state index in [0.29, 0.717) is 18.8 Å². The molecule has 1 saturated heterocycles. The van der Waals surface area contributed by atoms with E-state index in [1.54, 1.807) is 42.9 Å². The van der Waals surface area contributed by atoms with E-state index in [4.69, 9.17) is 0 Å². The predicted molar refractivity (Wildman–Crippen MR) is 97.9 cm³/mol. The highest BCUT2D eigenvalue weighted by molar-refractivity contribution is 9.10. The average Bonchev–Trinajstić information content (AvgIpc) is 3.20. The fraction of sp³-hybridized carbons (Fsp3) is 0.533. The Labute approximate surface area is 160 Å². The first-order valence-electron chi connectivity index (χ1n) is 8.19. The van der Waals surface area contributed by atoms with Gasteiger partial charge >= 0.3 is 0 Å². The standard InChI is InChI=1S/C15H21BrN6O3S/c1-11-14(9-17-19(11)3)26(24,25)21-6-4-20(5-7-21)15(23)12(2)22-10-13(16)8-18-22/h8-10,12H,4-7H2,1-3H3. The van der Waals surface area contributed by atoms with Crippen LogP contribution in [0.2, 0.25) is 0 Å². The molecule has 1 aliphatic heterocycles. The van der Waals surface area contributed by atoms with Crippen molar-refractivity contribution in [2.45, 2.75) is 24.8 Å². The second-order valence-corrected chi connectivity index (χ2v) is 9.08. The van der Waals surface area contributed by atoms with Crippen LogP contribution >= 0.6 is 15.9 Å². The number of halogens is 1. The lowest BCUT2D eigenvalue weighted by molar-refractivity contribution is -0.135. The predicted octanol–water partition coefficient (Wildman–Crippen LogP) is 0.782. The Hall–Kier alpha value is -1.72. The highest BCUT2D eigenvalue weighted by Crippen LogP contribution is 2.21. The fourth-order valence-corrected chi connectivity index (χ4v) is 4.83. The van der Waals surface area contributed by atoms with Crippen molar-refractivity contribution < 1.29 is 13.2 Å². The zero-order valence-corrected chi connectivity index (χ0v) is 17.2. The Bertz CT molecular complexity index is 914. The summed E-state index contributed by atoms with van der Waals surface area (Å²) >= 11 is 3.32. The van der Waals surface area contributed by atoms with Gasteiger partial charge in [-0.15, -0.1) is 0 Å². The number of nitrogens with zero attached hydrogens (tertiary/aromatic N) is 6. The third kappa shape index (κ3) is 3.42. The van der Waals surface area contributed by atoms with Crippen LogP contribution in [-0.2, 0) is 21.9 Å². The molecule has 0 aromatic carbocycles. The minimum absolute atomic E-state index is 0.0739. The smallest absolute Gasteiger partial charge is 0.247 e. The highest BCUT2D eigenvalue weighted by atomic mass is 79.9. The summed E-state index contributed by atoms with van der Waals surface area (Å²) in [4.78, 5) is 14.6. The van der Waals surface area contributed by atoms with Crippen molar-refractivity contribution in [3.8, 4) is 0 Å². The van der Waals surface area contributed by atoms with Gasteiger partial charge in [0.25, 0.3) is 0 Å². The van der Waals surface area contributed by atoms with Crippen LogP contribution in [0.5, 0.6) is 0 Å². The van der Waals surface area contributed by atoms with Crippen LogP contribution in [-0.4, -0.2) is 69.3 Å². The number of piperazine rings is 1. The summed E-state index contributed by atoms with van der Waals surface area (Å²) in [6.45, 7) is 4.73. The van der Waals surface area contributed by atoms with E-state index in [1.807, 2.05) is 0 Å². The van der Waals surface area contributed by atoms with Crippen LogP contribution < -0.4 is 0 Å². The molecule has 2 aromatic rings. The maximum atomic E-state index is 12.8. The average molecular weight is 445 g/mol. The molecule has 9 nitrogen and oxygen atoms in total. The van der Waals surface area contributed by atoms with Crippen molar-refractivity contribution in [3.63, 3.8) is 0 Å². The summed E-state index contributed by atoms with van der Waals surface area (Å²) in [5.41, 5.74) is 0.599. The maximum absolute atomic E-state index is 12.8. The van der Waals surface area contributed by atoms with Gasteiger partial charge in [0.15, 0.2) is 0 Å². The first-order valence-corrected chi connectivity index (χ1v) is 10.4. The molecule has 26 heavy (non-hydrogen) atoms. The Kier molecular flexibility index (Phi) is 5.22. The number of amides is 1.